The van der Waals surface area contributed by atoms with Gasteiger partial charge in [-0.15, -0.1) is 0 Å². The van der Waals surface area contributed by atoms with Crippen molar-refractivity contribution in [1.82, 2.24) is 15.2 Å². The van der Waals surface area contributed by atoms with Gasteiger partial charge in [-0.3, -0.25) is 10.1 Å². The number of hydrogen-bond acceptors (Lipinski definition) is 5. The average Bonchev–Trinajstić information content (AvgIpc) is 3.16. The van der Waals surface area contributed by atoms with Gasteiger partial charge in [-0.2, -0.15) is 0 Å². The summed E-state index contributed by atoms with van der Waals surface area (Å²) in [5.41, 5.74) is 2.28. The summed E-state index contributed by atoms with van der Waals surface area (Å²) in [5, 5.41) is 13.7. The van der Waals surface area contributed by atoms with Crippen molar-refractivity contribution in [3.8, 4) is 0 Å². The molecule has 1 unspecified atom stereocenters. The summed E-state index contributed by atoms with van der Waals surface area (Å²) in [6, 6.07) is 13.7. The second kappa shape index (κ2) is 7.67. The minimum absolute atomic E-state index is 0.0146. The van der Waals surface area contributed by atoms with Crippen LogP contribution in [-0.4, -0.2) is 33.9 Å². The van der Waals surface area contributed by atoms with E-state index in [1.54, 1.807) is 17.0 Å². The van der Waals surface area contributed by atoms with Crippen molar-refractivity contribution in [1.29, 1.82) is 0 Å². The summed E-state index contributed by atoms with van der Waals surface area (Å²) in [6.45, 7) is 1.44. The highest BCUT2D eigenvalue weighted by atomic mass is 16.6. The Labute approximate surface area is 161 Å². The highest BCUT2D eigenvalue weighted by Crippen LogP contribution is 2.29. The van der Waals surface area contributed by atoms with Crippen LogP contribution in [0.4, 0.5) is 10.5 Å². The lowest BCUT2D eigenvalue weighted by atomic mass is 9.98. The molecule has 0 bridgehead atoms. The summed E-state index contributed by atoms with van der Waals surface area (Å²) in [4.78, 5) is 29.3. The van der Waals surface area contributed by atoms with Gasteiger partial charge in [0, 0.05) is 31.8 Å². The van der Waals surface area contributed by atoms with Gasteiger partial charge in [-0.25, -0.2) is 9.78 Å². The average molecular weight is 380 g/mol. The summed E-state index contributed by atoms with van der Waals surface area (Å²) < 4.78 is 5.87. The van der Waals surface area contributed by atoms with E-state index >= 15 is 0 Å². The molecule has 3 aromatic rings. The third kappa shape index (κ3) is 3.80. The molecule has 144 valence electrons. The molecule has 1 fully saturated rings. The van der Waals surface area contributed by atoms with Crippen LogP contribution in [-0.2, 0) is 6.54 Å². The lowest BCUT2D eigenvalue weighted by molar-refractivity contribution is -0.384. The Bertz CT molecular complexity index is 983. The first-order valence-electron chi connectivity index (χ1n) is 9.22. The summed E-state index contributed by atoms with van der Waals surface area (Å²) >= 11 is 0. The molecule has 8 heteroatoms. The largest absolute Gasteiger partial charge is 0.440 e. The number of amides is 2. The van der Waals surface area contributed by atoms with E-state index in [0.717, 1.165) is 23.9 Å². The van der Waals surface area contributed by atoms with Crippen LogP contribution in [0.25, 0.3) is 11.1 Å². The van der Waals surface area contributed by atoms with Gasteiger partial charge in [0.25, 0.3) is 5.69 Å². The van der Waals surface area contributed by atoms with Crippen molar-refractivity contribution in [3.05, 3.63) is 70.1 Å². The molecular formula is C20H20N4O4. The molecule has 4 rings (SSSR count). The quantitative estimate of drug-likeness (QED) is 0.547. The number of non-ortho nitro benzene ring substituents is 1. The van der Waals surface area contributed by atoms with Crippen LogP contribution >= 0.6 is 0 Å². The fourth-order valence-corrected chi connectivity index (χ4v) is 3.50. The number of nitrogens with zero attached hydrogens (tertiary/aromatic N) is 3. The number of piperidine rings is 1. The number of para-hydroxylation sites is 2. The predicted molar refractivity (Wildman–Crippen MR) is 103 cm³/mol. The van der Waals surface area contributed by atoms with Crippen molar-refractivity contribution in [3.63, 3.8) is 0 Å². The summed E-state index contributed by atoms with van der Waals surface area (Å²) in [6.07, 6.45) is 1.79. The van der Waals surface area contributed by atoms with Crippen LogP contribution in [0.3, 0.4) is 0 Å². The minimum atomic E-state index is -0.444. The Morgan fingerprint density at radius 1 is 1.29 bits per heavy atom. The molecule has 1 aliphatic rings. The third-order valence-electron chi connectivity index (χ3n) is 4.93. The lowest BCUT2D eigenvalue weighted by Gasteiger charge is -2.31. The van der Waals surface area contributed by atoms with E-state index in [1.807, 2.05) is 24.3 Å². The fraction of sp³-hybridized carbons (Fsp3) is 0.300. The van der Waals surface area contributed by atoms with E-state index in [0.29, 0.717) is 24.5 Å². The number of nitro groups is 1. The molecule has 1 N–H and O–H groups in total. The number of fused-ring (bicyclic) bond motifs is 1. The Balaban J connectivity index is 1.39. The second-order valence-corrected chi connectivity index (χ2v) is 6.89. The number of nitro benzene ring substituents is 1. The summed E-state index contributed by atoms with van der Waals surface area (Å²) in [5.74, 6) is 0.724. The Morgan fingerprint density at radius 2 is 2.14 bits per heavy atom. The Kier molecular flexibility index (Phi) is 4.92. The van der Waals surface area contributed by atoms with E-state index in [-0.39, 0.29) is 24.2 Å². The maximum Gasteiger partial charge on any atom is 0.317 e. The van der Waals surface area contributed by atoms with E-state index in [1.165, 1.54) is 12.1 Å². The van der Waals surface area contributed by atoms with Gasteiger partial charge >= 0.3 is 6.03 Å². The van der Waals surface area contributed by atoms with Gasteiger partial charge in [0.1, 0.15) is 5.52 Å². The van der Waals surface area contributed by atoms with Crippen molar-refractivity contribution < 1.29 is 14.1 Å². The number of oxazole rings is 1. The van der Waals surface area contributed by atoms with Gasteiger partial charge in [0.15, 0.2) is 11.5 Å². The molecule has 2 heterocycles. The molecule has 1 aromatic heterocycles. The van der Waals surface area contributed by atoms with Crippen LogP contribution in [0.15, 0.2) is 52.9 Å². The van der Waals surface area contributed by atoms with Crippen LogP contribution in [0.1, 0.15) is 30.2 Å². The van der Waals surface area contributed by atoms with E-state index in [9.17, 15) is 14.9 Å². The molecule has 1 saturated heterocycles. The first-order valence-corrected chi connectivity index (χ1v) is 9.22. The zero-order chi connectivity index (χ0) is 19.5. The molecule has 0 aliphatic carbocycles. The molecule has 1 atom stereocenters. The van der Waals surface area contributed by atoms with Gasteiger partial charge in [-0.1, -0.05) is 24.3 Å². The fourth-order valence-electron chi connectivity index (χ4n) is 3.50. The van der Waals surface area contributed by atoms with Crippen molar-refractivity contribution in [2.45, 2.75) is 25.3 Å². The van der Waals surface area contributed by atoms with E-state index < -0.39 is 4.92 Å². The second-order valence-electron chi connectivity index (χ2n) is 6.89. The number of benzene rings is 2. The maximum atomic E-state index is 12.6. The third-order valence-corrected chi connectivity index (χ3v) is 4.93. The number of carbonyl (C=O) groups is 1. The molecule has 0 spiro atoms. The maximum absolute atomic E-state index is 12.6. The highest BCUT2D eigenvalue weighted by molar-refractivity contribution is 5.74. The molecule has 2 amide bonds. The molecule has 1 aliphatic heterocycles. The molecule has 28 heavy (non-hydrogen) atoms. The van der Waals surface area contributed by atoms with Crippen LogP contribution < -0.4 is 5.32 Å². The number of carbonyl (C=O) groups excluding carboxylic acids is 1. The zero-order valence-electron chi connectivity index (χ0n) is 15.2. The standard InChI is InChI=1S/C20H20N4O4/c25-20(21-12-14-5-3-7-16(11-14)24(26)27)23-10-4-6-15(13-23)19-22-17-8-1-2-9-18(17)28-19/h1-3,5,7-9,11,15H,4,6,10,12-13H2,(H,21,25). The van der Waals surface area contributed by atoms with Crippen LogP contribution in [0, 0.1) is 10.1 Å². The molecule has 0 radical (unpaired) electrons. The van der Waals surface area contributed by atoms with Gasteiger partial charge < -0.3 is 14.6 Å². The van der Waals surface area contributed by atoms with Crippen molar-refractivity contribution in [2.24, 2.45) is 0 Å². The number of rotatable bonds is 4. The normalized spacial score (nSPS) is 16.9. The van der Waals surface area contributed by atoms with Crippen molar-refractivity contribution >= 4 is 22.8 Å². The van der Waals surface area contributed by atoms with Crippen molar-refractivity contribution in [2.75, 3.05) is 13.1 Å². The summed E-state index contributed by atoms with van der Waals surface area (Å²) in [7, 11) is 0. The topological polar surface area (TPSA) is 102 Å². The zero-order valence-corrected chi connectivity index (χ0v) is 15.2. The first kappa shape index (κ1) is 18.0. The van der Waals surface area contributed by atoms with E-state index in [2.05, 4.69) is 10.3 Å². The lowest BCUT2D eigenvalue weighted by Crippen LogP contribution is -2.44. The molecular weight excluding hydrogens is 360 g/mol. The monoisotopic (exact) mass is 380 g/mol. The highest BCUT2D eigenvalue weighted by Gasteiger charge is 2.28. The molecule has 2 aromatic carbocycles. The van der Waals surface area contributed by atoms with Crippen LogP contribution in [0.2, 0.25) is 0 Å². The van der Waals surface area contributed by atoms with Crippen LogP contribution in [0.5, 0.6) is 0 Å². The Hall–Kier alpha value is -3.42. The number of aromatic nitrogens is 1. The number of urea groups is 1. The number of likely N-dealkylation sites (tertiary alicyclic amines) is 1. The first-order chi connectivity index (χ1) is 13.6. The molecule has 0 saturated carbocycles. The molecule has 8 nitrogen and oxygen atoms in total. The number of nitrogens with one attached hydrogen (secondary N) is 1. The van der Waals surface area contributed by atoms with Gasteiger partial charge in [0.2, 0.25) is 0 Å². The smallest absolute Gasteiger partial charge is 0.317 e. The van der Waals surface area contributed by atoms with Gasteiger partial charge in [0.05, 0.1) is 10.8 Å². The van der Waals surface area contributed by atoms with Gasteiger partial charge in [-0.05, 0) is 30.5 Å². The Morgan fingerprint density at radius 3 is 2.96 bits per heavy atom. The number of hydrogen-bond donors (Lipinski definition) is 1. The van der Waals surface area contributed by atoms with E-state index in [4.69, 9.17) is 4.42 Å². The predicted octanol–water partition coefficient (Wildman–Crippen LogP) is 3.83. The SMILES string of the molecule is O=C(NCc1cccc([N+](=O)[O-])c1)N1CCCC(c2nc3ccccc3o2)C1. The minimum Gasteiger partial charge on any atom is -0.440 e.